The summed E-state index contributed by atoms with van der Waals surface area (Å²) in [5.41, 5.74) is 1.91. The number of hydrogen-bond acceptors (Lipinski definition) is 4. The number of carboxylic acids is 1. The lowest BCUT2D eigenvalue weighted by atomic mass is 10.0. The fraction of sp³-hybridized carbons (Fsp3) is 0.429. The first-order chi connectivity index (χ1) is 16.5. The van der Waals surface area contributed by atoms with Crippen molar-refractivity contribution in [3.05, 3.63) is 58.2 Å². The number of carboxylic acid groups (broad SMARTS) is 1. The summed E-state index contributed by atoms with van der Waals surface area (Å²) < 4.78 is 20.8. The Kier molecular flexibility index (Phi) is 10.1. The quantitative estimate of drug-likeness (QED) is 0.185. The van der Waals surface area contributed by atoms with Gasteiger partial charge in [0.05, 0.1) is 12.3 Å². The normalized spacial score (nSPS) is 11.0. The van der Waals surface area contributed by atoms with Gasteiger partial charge in [0.1, 0.15) is 10.6 Å². The molecular weight excluding hydrogens is 449 g/mol. The molecule has 34 heavy (non-hydrogen) atoms. The van der Waals surface area contributed by atoms with E-state index >= 15 is 0 Å². The highest BCUT2D eigenvalue weighted by atomic mass is 32.1. The first-order valence-electron chi connectivity index (χ1n) is 12.3. The zero-order valence-electron chi connectivity index (χ0n) is 20.1. The second kappa shape index (κ2) is 13.2. The number of aromatic carboxylic acids is 1. The Morgan fingerprint density at radius 3 is 2.32 bits per heavy atom. The molecular formula is C28H34FNO3S. The standard InChI is InChI=1S/C28H34FNO3S/c1-3-5-7-8-9-10-18-33-21-14-12-20(13-15-21)25-17-16-23(27(29)30-25)24-19-22(11-6-4-2)34-26(24)28(31)32/h12-17,19H,3-11,18H2,1-2H3,(H,31,32). The van der Waals surface area contributed by atoms with E-state index in [9.17, 15) is 14.3 Å². The number of hydrogen-bond donors (Lipinski definition) is 1. The molecule has 2 heterocycles. The van der Waals surface area contributed by atoms with E-state index in [0.717, 1.165) is 41.9 Å². The second-order valence-corrected chi connectivity index (χ2v) is 9.68. The number of thiophene rings is 1. The van der Waals surface area contributed by atoms with Crippen molar-refractivity contribution in [2.75, 3.05) is 6.61 Å². The molecule has 0 aliphatic carbocycles. The lowest BCUT2D eigenvalue weighted by Gasteiger charge is -2.08. The number of aryl methyl sites for hydroxylation is 1. The predicted molar refractivity (Wildman–Crippen MR) is 137 cm³/mol. The average molecular weight is 484 g/mol. The van der Waals surface area contributed by atoms with Crippen molar-refractivity contribution in [2.45, 2.75) is 71.6 Å². The Bertz CT molecular complexity index is 1060. The molecule has 0 spiro atoms. The van der Waals surface area contributed by atoms with Crippen LogP contribution < -0.4 is 4.74 Å². The molecule has 3 rings (SSSR count). The number of halogens is 1. The van der Waals surface area contributed by atoms with Gasteiger partial charge in [-0.2, -0.15) is 4.39 Å². The van der Waals surface area contributed by atoms with Gasteiger partial charge in [0.2, 0.25) is 5.95 Å². The fourth-order valence-corrected chi connectivity index (χ4v) is 4.92. The van der Waals surface area contributed by atoms with E-state index in [2.05, 4.69) is 18.8 Å². The molecule has 0 fully saturated rings. The molecule has 0 unspecified atom stereocenters. The molecule has 6 heteroatoms. The van der Waals surface area contributed by atoms with Crippen LogP contribution in [-0.4, -0.2) is 22.7 Å². The van der Waals surface area contributed by atoms with Crippen molar-refractivity contribution in [3.8, 4) is 28.1 Å². The SMILES string of the molecule is CCCCCCCCOc1ccc(-c2ccc(-c3cc(CCCC)sc3C(=O)O)c(F)n2)cc1. The van der Waals surface area contributed by atoms with Gasteiger partial charge in [0.15, 0.2) is 0 Å². The van der Waals surface area contributed by atoms with Crippen molar-refractivity contribution in [1.82, 2.24) is 4.98 Å². The summed E-state index contributed by atoms with van der Waals surface area (Å²) >= 11 is 1.22. The molecule has 4 nitrogen and oxygen atoms in total. The van der Waals surface area contributed by atoms with Crippen LogP contribution in [0.25, 0.3) is 22.4 Å². The van der Waals surface area contributed by atoms with Gasteiger partial charge in [-0.3, -0.25) is 0 Å². The third-order valence-electron chi connectivity index (χ3n) is 5.81. The van der Waals surface area contributed by atoms with Crippen LogP contribution >= 0.6 is 11.3 Å². The maximum absolute atomic E-state index is 15.0. The Morgan fingerprint density at radius 2 is 1.65 bits per heavy atom. The first-order valence-corrected chi connectivity index (χ1v) is 13.1. The Morgan fingerprint density at radius 1 is 0.941 bits per heavy atom. The van der Waals surface area contributed by atoms with Crippen molar-refractivity contribution < 1.29 is 19.0 Å². The van der Waals surface area contributed by atoms with E-state index in [0.29, 0.717) is 17.9 Å². The Balaban J connectivity index is 1.66. The summed E-state index contributed by atoms with van der Waals surface area (Å²) in [4.78, 5) is 17.0. The Labute approximate surface area is 205 Å². The summed E-state index contributed by atoms with van der Waals surface area (Å²) in [6.45, 7) is 5.00. The number of nitrogens with zero attached hydrogens (tertiary/aromatic N) is 1. The number of rotatable bonds is 14. The summed E-state index contributed by atoms with van der Waals surface area (Å²) in [6.07, 6.45) is 10.1. The van der Waals surface area contributed by atoms with Gasteiger partial charge in [-0.15, -0.1) is 11.3 Å². The van der Waals surface area contributed by atoms with Gasteiger partial charge < -0.3 is 9.84 Å². The van der Waals surface area contributed by atoms with Crippen LogP contribution in [-0.2, 0) is 6.42 Å². The maximum Gasteiger partial charge on any atom is 0.346 e. The maximum atomic E-state index is 15.0. The summed E-state index contributed by atoms with van der Waals surface area (Å²) in [5, 5.41) is 9.60. The zero-order chi connectivity index (χ0) is 24.3. The van der Waals surface area contributed by atoms with Crippen molar-refractivity contribution >= 4 is 17.3 Å². The molecule has 0 radical (unpaired) electrons. The van der Waals surface area contributed by atoms with E-state index in [1.807, 2.05) is 24.3 Å². The van der Waals surface area contributed by atoms with Crippen molar-refractivity contribution in [3.63, 3.8) is 0 Å². The van der Waals surface area contributed by atoms with E-state index in [1.165, 1.54) is 43.4 Å². The third-order valence-corrected chi connectivity index (χ3v) is 6.99. The molecule has 182 valence electrons. The molecule has 0 saturated carbocycles. The van der Waals surface area contributed by atoms with Crippen LogP contribution in [0, 0.1) is 5.95 Å². The highest BCUT2D eigenvalue weighted by molar-refractivity contribution is 7.14. The molecule has 0 atom stereocenters. The fourth-order valence-electron chi connectivity index (χ4n) is 3.87. The lowest BCUT2D eigenvalue weighted by Crippen LogP contribution is -1.98. The van der Waals surface area contributed by atoms with E-state index in [-0.39, 0.29) is 10.4 Å². The van der Waals surface area contributed by atoms with E-state index < -0.39 is 11.9 Å². The van der Waals surface area contributed by atoms with Crippen LogP contribution in [0.5, 0.6) is 5.75 Å². The molecule has 2 aromatic heterocycles. The highest BCUT2D eigenvalue weighted by Crippen LogP contribution is 2.35. The number of carbonyl (C=O) groups is 1. The Hall–Kier alpha value is -2.73. The summed E-state index contributed by atoms with van der Waals surface area (Å²) in [5.74, 6) is -0.913. The van der Waals surface area contributed by atoms with Crippen LogP contribution in [0.3, 0.4) is 0 Å². The van der Waals surface area contributed by atoms with Crippen molar-refractivity contribution in [1.29, 1.82) is 0 Å². The van der Waals surface area contributed by atoms with Crippen LogP contribution in [0.4, 0.5) is 4.39 Å². The zero-order valence-corrected chi connectivity index (χ0v) is 20.9. The first kappa shape index (κ1) is 25.9. The third kappa shape index (κ3) is 7.13. The molecule has 0 aliphatic heterocycles. The van der Waals surface area contributed by atoms with Gasteiger partial charge >= 0.3 is 5.97 Å². The summed E-state index contributed by atoms with van der Waals surface area (Å²) in [6, 6.07) is 12.6. The minimum absolute atomic E-state index is 0.159. The average Bonchev–Trinajstić information content (AvgIpc) is 3.27. The second-order valence-electron chi connectivity index (χ2n) is 8.54. The van der Waals surface area contributed by atoms with Gasteiger partial charge in [0, 0.05) is 21.6 Å². The largest absolute Gasteiger partial charge is 0.494 e. The number of unbranched alkanes of at least 4 members (excludes halogenated alkanes) is 6. The van der Waals surface area contributed by atoms with E-state index in [4.69, 9.17) is 4.74 Å². The highest BCUT2D eigenvalue weighted by Gasteiger charge is 2.20. The molecule has 1 aromatic carbocycles. The van der Waals surface area contributed by atoms with Gasteiger partial charge in [-0.1, -0.05) is 52.4 Å². The number of benzene rings is 1. The number of aromatic nitrogens is 1. The van der Waals surface area contributed by atoms with Gasteiger partial charge in [-0.05, 0) is 61.7 Å². The van der Waals surface area contributed by atoms with Crippen LogP contribution in [0.1, 0.15) is 79.8 Å². The van der Waals surface area contributed by atoms with Crippen LogP contribution in [0.15, 0.2) is 42.5 Å². The van der Waals surface area contributed by atoms with Gasteiger partial charge in [-0.25, -0.2) is 9.78 Å². The lowest BCUT2D eigenvalue weighted by molar-refractivity contribution is 0.0703. The van der Waals surface area contributed by atoms with Crippen LogP contribution in [0.2, 0.25) is 0 Å². The minimum atomic E-state index is -1.04. The topological polar surface area (TPSA) is 59.4 Å². The van der Waals surface area contributed by atoms with E-state index in [1.54, 1.807) is 18.2 Å². The van der Waals surface area contributed by atoms with Gasteiger partial charge in [0.25, 0.3) is 0 Å². The monoisotopic (exact) mass is 483 g/mol. The summed E-state index contributed by atoms with van der Waals surface area (Å²) in [7, 11) is 0. The molecule has 0 bridgehead atoms. The molecule has 0 aliphatic rings. The minimum Gasteiger partial charge on any atom is -0.494 e. The van der Waals surface area contributed by atoms with Crippen molar-refractivity contribution in [2.24, 2.45) is 0 Å². The predicted octanol–water partition coefficient (Wildman–Crippen LogP) is 8.40. The molecule has 0 saturated heterocycles. The molecule has 0 amide bonds. The number of ether oxygens (including phenoxy) is 1. The molecule has 3 aromatic rings. The molecule has 1 N–H and O–H groups in total. The smallest absolute Gasteiger partial charge is 0.346 e. The number of pyridine rings is 1.